The molecule has 0 heterocycles. The van der Waals surface area contributed by atoms with Crippen LogP contribution in [0.5, 0.6) is 0 Å². The molecule has 2 rings (SSSR count). The number of aryl methyl sites for hydroxylation is 2. The zero-order chi connectivity index (χ0) is 14.2. The molecule has 1 nitrogen and oxygen atoms in total. The largest absolute Gasteiger partial charge is 0.381 e. The molecule has 19 heavy (non-hydrogen) atoms. The van der Waals surface area contributed by atoms with E-state index in [1.165, 1.54) is 19.1 Å². The zero-order valence-electron chi connectivity index (χ0n) is 11.2. The van der Waals surface area contributed by atoms with Crippen LogP contribution in [-0.2, 0) is 5.60 Å². The molecule has 0 aliphatic heterocycles. The Labute approximate surface area is 111 Å². The average molecular weight is 262 g/mol. The Morgan fingerprint density at radius 3 is 2.26 bits per heavy atom. The van der Waals surface area contributed by atoms with Crippen molar-refractivity contribution in [1.29, 1.82) is 0 Å². The van der Waals surface area contributed by atoms with Crippen molar-refractivity contribution in [2.75, 3.05) is 0 Å². The number of hydrogen-bond acceptors (Lipinski definition) is 1. The Morgan fingerprint density at radius 1 is 0.947 bits per heavy atom. The van der Waals surface area contributed by atoms with Crippen LogP contribution in [0.15, 0.2) is 36.4 Å². The lowest BCUT2D eigenvalue weighted by molar-refractivity contribution is 0.0975. The van der Waals surface area contributed by atoms with Gasteiger partial charge in [0, 0.05) is 5.56 Å². The van der Waals surface area contributed by atoms with Gasteiger partial charge < -0.3 is 5.11 Å². The van der Waals surface area contributed by atoms with Crippen molar-refractivity contribution in [2.45, 2.75) is 26.4 Å². The van der Waals surface area contributed by atoms with Crippen LogP contribution in [0.25, 0.3) is 0 Å². The Balaban J connectivity index is 2.57. The van der Waals surface area contributed by atoms with E-state index in [2.05, 4.69) is 0 Å². The molecule has 0 aromatic heterocycles. The first-order valence-electron chi connectivity index (χ1n) is 6.08. The van der Waals surface area contributed by atoms with E-state index in [-0.39, 0.29) is 5.56 Å². The molecule has 0 saturated carbocycles. The van der Waals surface area contributed by atoms with Gasteiger partial charge in [-0.25, -0.2) is 8.78 Å². The van der Waals surface area contributed by atoms with E-state index in [4.69, 9.17) is 0 Å². The van der Waals surface area contributed by atoms with Gasteiger partial charge >= 0.3 is 0 Å². The highest BCUT2D eigenvalue weighted by atomic mass is 19.1. The Hall–Kier alpha value is -1.74. The van der Waals surface area contributed by atoms with Crippen molar-refractivity contribution in [3.8, 4) is 0 Å². The van der Waals surface area contributed by atoms with E-state index in [0.717, 1.165) is 5.56 Å². The van der Waals surface area contributed by atoms with E-state index >= 15 is 0 Å². The van der Waals surface area contributed by atoms with Gasteiger partial charge in [0.1, 0.15) is 17.2 Å². The Morgan fingerprint density at radius 2 is 1.63 bits per heavy atom. The second-order valence-corrected chi connectivity index (χ2v) is 5.02. The van der Waals surface area contributed by atoms with Gasteiger partial charge in [-0.2, -0.15) is 0 Å². The summed E-state index contributed by atoms with van der Waals surface area (Å²) in [6.07, 6.45) is 0. The van der Waals surface area contributed by atoms with Crippen LogP contribution in [0.4, 0.5) is 8.78 Å². The molecule has 1 unspecified atom stereocenters. The van der Waals surface area contributed by atoms with Crippen LogP contribution in [0.1, 0.15) is 29.2 Å². The van der Waals surface area contributed by atoms with Gasteiger partial charge in [-0.3, -0.25) is 0 Å². The zero-order valence-corrected chi connectivity index (χ0v) is 11.2. The fourth-order valence-corrected chi connectivity index (χ4v) is 2.06. The maximum atomic E-state index is 13.9. The fraction of sp³-hybridized carbons (Fsp3) is 0.250. The third-order valence-corrected chi connectivity index (χ3v) is 3.38. The molecule has 0 aliphatic carbocycles. The van der Waals surface area contributed by atoms with E-state index in [1.807, 2.05) is 6.92 Å². The van der Waals surface area contributed by atoms with Crippen molar-refractivity contribution < 1.29 is 13.9 Å². The monoisotopic (exact) mass is 262 g/mol. The number of halogens is 2. The summed E-state index contributed by atoms with van der Waals surface area (Å²) in [7, 11) is 0. The average Bonchev–Trinajstić information content (AvgIpc) is 2.35. The standard InChI is InChI=1S/C16H16F2O/c1-10-4-7-14(17)13(8-10)16(3,19)12-6-5-11(2)15(18)9-12/h4-9,19H,1-3H3. The first-order valence-corrected chi connectivity index (χ1v) is 6.08. The summed E-state index contributed by atoms with van der Waals surface area (Å²) in [6, 6.07) is 8.95. The lowest BCUT2D eigenvalue weighted by atomic mass is 9.86. The van der Waals surface area contributed by atoms with E-state index in [1.54, 1.807) is 31.2 Å². The van der Waals surface area contributed by atoms with Gasteiger partial charge in [0.25, 0.3) is 0 Å². The second kappa shape index (κ2) is 4.74. The minimum atomic E-state index is -1.56. The van der Waals surface area contributed by atoms with Gasteiger partial charge in [-0.1, -0.05) is 23.8 Å². The smallest absolute Gasteiger partial charge is 0.129 e. The molecule has 1 N–H and O–H groups in total. The molecular formula is C16H16F2O. The first-order chi connectivity index (χ1) is 8.82. The maximum Gasteiger partial charge on any atom is 0.129 e. The third-order valence-electron chi connectivity index (χ3n) is 3.38. The quantitative estimate of drug-likeness (QED) is 0.872. The van der Waals surface area contributed by atoms with Crippen LogP contribution >= 0.6 is 0 Å². The molecule has 0 saturated heterocycles. The molecular weight excluding hydrogens is 246 g/mol. The predicted molar refractivity (Wildman–Crippen MR) is 70.9 cm³/mol. The highest BCUT2D eigenvalue weighted by molar-refractivity contribution is 5.39. The molecule has 3 heteroatoms. The summed E-state index contributed by atoms with van der Waals surface area (Å²) >= 11 is 0. The minimum absolute atomic E-state index is 0.149. The van der Waals surface area contributed by atoms with Crippen molar-refractivity contribution in [3.63, 3.8) is 0 Å². The van der Waals surface area contributed by atoms with Gasteiger partial charge in [0.2, 0.25) is 0 Å². The molecule has 0 amide bonds. The number of aliphatic hydroxyl groups is 1. The van der Waals surface area contributed by atoms with Crippen molar-refractivity contribution in [3.05, 3.63) is 70.3 Å². The first kappa shape index (κ1) is 13.7. The molecule has 1 atom stereocenters. The van der Waals surface area contributed by atoms with Gasteiger partial charge in [-0.15, -0.1) is 0 Å². The molecule has 0 aliphatic rings. The number of benzene rings is 2. The number of hydrogen-bond donors (Lipinski definition) is 1. The van der Waals surface area contributed by atoms with E-state index in [0.29, 0.717) is 11.1 Å². The third kappa shape index (κ3) is 2.51. The van der Waals surface area contributed by atoms with Gasteiger partial charge in [0.05, 0.1) is 0 Å². The fourth-order valence-electron chi connectivity index (χ4n) is 2.06. The SMILES string of the molecule is Cc1ccc(F)c(C(C)(O)c2ccc(C)c(F)c2)c1. The normalized spacial score (nSPS) is 14.2. The van der Waals surface area contributed by atoms with E-state index in [9.17, 15) is 13.9 Å². The van der Waals surface area contributed by atoms with Crippen LogP contribution < -0.4 is 0 Å². The van der Waals surface area contributed by atoms with Crippen LogP contribution in [-0.4, -0.2) is 5.11 Å². The molecule has 0 fully saturated rings. The maximum absolute atomic E-state index is 13.9. The summed E-state index contributed by atoms with van der Waals surface area (Å²) in [4.78, 5) is 0. The Bertz CT molecular complexity index is 618. The van der Waals surface area contributed by atoms with Crippen LogP contribution in [0, 0.1) is 25.5 Å². The topological polar surface area (TPSA) is 20.2 Å². The lowest BCUT2D eigenvalue weighted by Gasteiger charge is -2.25. The predicted octanol–water partition coefficient (Wildman–Crippen LogP) is 3.84. The summed E-state index contributed by atoms with van der Waals surface area (Å²) in [5.74, 6) is -0.914. The lowest BCUT2D eigenvalue weighted by Crippen LogP contribution is -2.24. The summed E-state index contributed by atoms with van der Waals surface area (Å²) in [5, 5.41) is 10.6. The van der Waals surface area contributed by atoms with Gasteiger partial charge in [0.15, 0.2) is 0 Å². The molecule has 0 spiro atoms. The van der Waals surface area contributed by atoms with Crippen LogP contribution in [0.2, 0.25) is 0 Å². The highest BCUT2D eigenvalue weighted by Gasteiger charge is 2.29. The molecule has 100 valence electrons. The second-order valence-electron chi connectivity index (χ2n) is 5.02. The van der Waals surface area contributed by atoms with Crippen molar-refractivity contribution in [1.82, 2.24) is 0 Å². The van der Waals surface area contributed by atoms with E-state index < -0.39 is 17.2 Å². The summed E-state index contributed by atoms with van der Waals surface area (Å²) in [6.45, 7) is 4.92. The molecule has 0 bridgehead atoms. The Kier molecular flexibility index (Phi) is 3.42. The van der Waals surface area contributed by atoms with Crippen molar-refractivity contribution >= 4 is 0 Å². The molecule has 2 aromatic carbocycles. The molecule has 2 aromatic rings. The summed E-state index contributed by atoms with van der Waals surface area (Å²) in [5.41, 5.74) is 0.245. The summed E-state index contributed by atoms with van der Waals surface area (Å²) < 4.78 is 27.5. The number of rotatable bonds is 2. The molecule has 0 radical (unpaired) electrons. The van der Waals surface area contributed by atoms with Gasteiger partial charge in [-0.05, 0) is 50.1 Å². The van der Waals surface area contributed by atoms with Crippen LogP contribution in [0.3, 0.4) is 0 Å². The van der Waals surface area contributed by atoms with Crippen molar-refractivity contribution in [2.24, 2.45) is 0 Å². The minimum Gasteiger partial charge on any atom is -0.381 e. The highest BCUT2D eigenvalue weighted by Crippen LogP contribution is 2.32.